The zero-order chi connectivity index (χ0) is 20.0. The second kappa shape index (κ2) is 7.21. The van der Waals surface area contributed by atoms with Crippen molar-refractivity contribution in [1.29, 1.82) is 0 Å². The average molecular weight is 408 g/mol. The van der Waals surface area contributed by atoms with Crippen LogP contribution in [0.25, 0.3) is 21.9 Å². The van der Waals surface area contributed by atoms with Crippen LogP contribution in [0.15, 0.2) is 47.3 Å². The molecule has 29 heavy (non-hydrogen) atoms. The zero-order valence-electron chi connectivity index (χ0n) is 16.0. The van der Waals surface area contributed by atoms with Crippen LogP contribution in [-0.2, 0) is 13.1 Å². The number of nitrogen functional groups attached to an aromatic ring is 1. The minimum absolute atomic E-state index is 0.220. The third-order valence-electron chi connectivity index (χ3n) is 5.69. The molecule has 3 heterocycles. The van der Waals surface area contributed by atoms with Gasteiger partial charge in [-0.15, -0.1) is 0 Å². The van der Waals surface area contributed by atoms with Crippen molar-refractivity contribution >= 4 is 39.4 Å². The first kappa shape index (κ1) is 18.2. The highest BCUT2D eigenvalue weighted by Gasteiger charge is 2.16. The number of H-pyrrole nitrogens is 1. The lowest BCUT2D eigenvalue weighted by atomic mass is 10.1. The maximum Gasteiger partial charge on any atom is 0.326 e. The highest BCUT2D eigenvalue weighted by Crippen LogP contribution is 2.27. The first-order valence-corrected chi connectivity index (χ1v) is 10.2. The van der Waals surface area contributed by atoms with Crippen molar-refractivity contribution in [2.75, 3.05) is 18.8 Å². The molecular formula is C22H22ClN5O. The Hall–Kier alpha value is -2.83. The molecular weight excluding hydrogens is 386 g/mol. The molecule has 1 aliphatic rings. The van der Waals surface area contributed by atoms with E-state index >= 15 is 0 Å². The molecule has 0 spiro atoms. The largest absolute Gasteiger partial charge is 0.382 e. The highest BCUT2D eigenvalue weighted by atomic mass is 35.5. The van der Waals surface area contributed by atoms with Crippen molar-refractivity contribution in [2.45, 2.75) is 25.9 Å². The number of likely N-dealkylation sites (tertiary alicyclic amines) is 1. The summed E-state index contributed by atoms with van der Waals surface area (Å²) < 4.78 is 1.69. The van der Waals surface area contributed by atoms with Gasteiger partial charge >= 0.3 is 5.69 Å². The van der Waals surface area contributed by atoms with Crippen LogP contribution < -0.4 is 11.4 Å². The molecule has 5 rings (SSSR count). The van der Waals surface area contributed by atoms with Gasteiger partial charge < -0.3 is 10.7 Å². The molecule has 0 unspecified atom stereocenters. The molecule has 1 saturated heterocycles. The van der Waals surface area contributed by atoms with Gasteiger partial charge in [0.1, 0.15) is 11.3 Å². The van der Waals surface area contributed by atoms with Gasteiger partial charge in [-0.1, -0.05) is 41.9 Å². The Morgan fingerprint density at radius 1 is 1.10 bits per heavy atom. The number of imidazole rings is 1. The fourth-order valence-electron chi connectivity index (χ4n) is 4.23. The van der Waals surface area contributed by atoms with E-state index in [9.17, 15) is 4.79 Å². The predicted molar refractivity (Wildman–Crippen MR) is 117 cm³/mol. The zero-order valence-corrected chi connectivity index (χ0v) is 16.7. The van der Waals surface area contributed by atoms with Crippen LogP contribution in [0.4, 0.5) is 5.82 Å². The average Bonchev–Trinajstić information content (AvgIpc) is 3.33. The number of nitrogens with zero attached hydrogens (tertiary/aromatic N) is 3. The molecule has 7 heteroatoms. The highest BCUT2D eigenvalue weighted by molar-refractivity contribution is 6.31. The lowest BCUT2D eigenvalue weighted by Crippen LogP contribution is -2.19. The number of fused-ring (bicyclic) bond motifs is 3. The van der Waals surface area contributed by atoms with Gasteiger partial charge in [0, 0.05) is 17.0 Å². The molecule has 1 fully saturated rings. The Bertz CT molecular complexity index is 1270. The number of pyridine rings is 1. The van der Waals surface area contributed by atoms with Crippen LogP contribution in [0.2, 0.25) is 5.02 Å². The van der Waals surface area contributed by atoms with E-state index in [-0.39, 0.29) is 5.69 Å². The number of hydrogen-bond acceptors (Lipinski definition) is 4. The van der Waals surface area contributed by atoms with Crippen molar-refractivity contribution in [1.82, 2.24) is 19.4 Å². The second-order valence-corrected chi connectivity index (χ2v) is 8.07. The molecule has 148 valence electrons. The van der Waals surface area contributed by atoms with E-state index < -0.39 is 0 Å². The summed E-state index contributed by atoms with van der Waals surface area (Å²) in [6, 6.07) is 13.8. The van der Waals surface area contributed by atoms with Crippen LogP contribution in [0.1, 0.15) is 24.0 Å². The summed E-state index contributed by atoms with van der Waals surface area (Å²) >= 11 is 6.60. The van der Waals surface area contributed by atoms with Crippen LogP contribution >= 0.6 is 11.6 Å². The monoisotopic (exact) mass is 407 g/mol. The summed E-state index contributed by atoms with van der Waals surface area (Å²) in [7, 11) is 0. The fraction of sp³-hybridized carbons (Fsp3) is 0.273. The standard InChI is InChI=1S/C22H22ClN5O/c23-17-11-14(12-27-9-3-4-10-27)7-8-15(17)13-28-20-16-5-1-2-6-18(16)25-21(24)19(20)26-22(28)29/h1-2,5-8,11H,3-4,9-10,12-13H2,(H2,24,25)(H,26,29). The maximum atomic E-state index is 12.7. The van der Waals surface area contributed by atoms with Crippen molar-refractivity contribution in [3.8, 4) is 0 Å². The quantitative estimate of drug-likeness (QED) is 0.539. The Labute approximate surface area is 172 Å². The van der Waals surface area contributed by atoms with Crippen LogP contribution in [0, 0.1) is 0 Å². The summed E-state index contributed by atoms with van der Waals surface area (Å²) in [5.41, 5.74) is 10.1. The number of aromatic nitrogens is 3. The Morgan fingerprint density at radius 3 is 2.69 bits per heavy atom. The molecule has 6 nitrogen and oxygen atoms in total. The molecule has 1 aliphatic heterocycles. The number of hydrogen-bond donors (Lipinski definition) is 2. The van der Waals surface area contributed by atoms with E-state index in [0.717, 1.165) is 41.6 Å². The second-order valence-electron chi connectivity index (χ2n) is 7.66. The maximum absolute atomic E-state index is 12.7. The van der Waals surface area contributed by atoms with Gasteiger partial charge in [0.15, 0.2) is 0 Å². The van der Waals surface area contributed by atoms with Crippen molar-refractivity contribution < 1.29 is 0 Å². The SMILES string of the molecule is Nc1nc2ccccc2c2c1[nH]c(=O)n2Cc1ccc(CN2CCCC2)cc1Cl. The summed E-state index contributed by atoms with van der Waals surface area (Å²) in [5.74, 6) is 0.321. The molecule has 3 N–H and O–H groups in total. The normalized spacial score (nSPS) is 14.9. The summed E-state index contributed by atoms with van der Waals surface area (Å²) in [6.45, 7) is 3.58. The third kappa shape index (κ3) is 3.28. The molecule has 0 radical (unpaired) electrons. The molecule has 4 aromatic rings. The fourth-order valence-corrected chi connectivity index (χ4v) is 4.49. The third-order valence-corrected chi connectivity index (χ3v) is 6.04. The van der Waals surface area contributed by atoms with Gasteiger partial charge in [-0.05, 0) is 49.2 Å². The van der Waals surface area contributed by atoms with Crippen LogP contribution in [-0.4, -0.2) is 32.5 Å². The molecule has 0 saturated carbocycles. The Balaban J connectivity index is 1.55. The smallest absolute Gasteiger partial charge is 0.326 e. The minimum Gasteiger partial charge on any atom is -0.382 e. The van der Waals surface area contributed by atoms with Crippen LogP contribution in [0.3, 0.4) is 0 Å². The van der Waals surface area contributed by atoms with E-state index in [1.165, 1.54) is 18.4 Å². The van der Waals surface area contributed by atoms with E-state index in [1.807, 2.05) is 36.4 Å². The van der Waals surface area contributed by atoms with E-state index in [1.54, 1.807) is 4.57 Å². The first-order chi connectivity index (χ1) is 14.1. The molecule has 0 aliphatic carbocycles. The Morgan fingerprint density at radius 2 is 1.90 bits per heavy atom. The molecule has 0 bridgehead atoms. The van der Waals surface area contributed by atoms with Gasteiger partial charge in [-0.2, -0.15) is 0 Å². The topological polar surface area (TPSA) is 79.9 Å². The van der Waals surface area contributed by atoms with Gasteiger partial charge in [0.25, 0.3) is 0 Å². The lowest BCUT2D eigenvalue weighted by Gasteiger charge is -2.15. The number of para-hydroxylation sites is 1. The number of anilines is 1. The van der Waals surface area contributed by atoms with Crippen molar-refractivity contribution in [3.63, 3.8) is 0 Å². The predicted octanol–water partition coefficient (Wildman–Crippen LogP) is 3.76. The van der Waals surface area contributed by atoms with Gasteiger partial charge in [-0.3, -0.25) is 9.47 Å². The van der Waals surface area contributed by atoms with E-state index in [4.69, 9.17) is 17.3 Å². The lowest BCUT2D eigenvalue weighted by molar-refractivity contribution is 0.331. The van der Waals surface area contributed by atoms with Crippen molar-refractivity contribution in [2.24, 2.45) is 0 Å². The first-order valence-electron chi connectivity index (χ1n) is 9.86. The molecule has 2 aromatic carbocycles. The van der Waals surface area contributed by atoms with E-state index in [0.29, 0.717) is 22.9 Å². The number of halogens is 1. The molecule has 0 amide bonds. The van der Waals surface area contributed by atoms with Gasteiger partial charge in [-0.25, -0.2) is 9.78 Å². The summed E-state index contributed by atoms with van der Waals surface area (Å²) in [5, 5.41) is 1.56. The molecule has 0 atom stereocenters. The summed E-state index contributed by atoms with van der Waals surface area (Å²) in [4.78, 5) is 22.4. The molecule has 2 aromatic heterocycles. The van der Waals surface area contributed by atoms with E-state index in [2.05, 4.69) is 20.9 Å². The number of nitrogens with two attached hydrogens (primary N) is 1. The van der Waals surface area contributed by atoms with Gasteiger partial charge in [0.2, 0.25) is 0 Å². The van der Waals surface area contributed by atoms with Crippen LogP contribution in [0.5, 0.6) is 0 Å². The number of rotatable bonds is 4. The number of nitrogens with one attached hydrogen (secondary N) is 1. The Kier molecular flexibility index (Phi) is 4.53. The number of aromatic amines is 1. The van der Waals surface area contributed by atoms with Gasteiger partial charge in [0.05, 0.1) is 17.6 Å². The summed E-state index contributed by atoms with van der Waals surface area (Å²) in [6.07, 6.45) is 2.53. The minimum atomic E-state index is -0.220. The van der Waals surface area contributed by atoms with Crippen molar-refractivity contribution in [3.05, 3.63) is 69.1 Å². The number of benzene rings is 2.